The van der Waals surface area contributed by atoms with Gasteiger partial charge in [0.05, 0.1) is 19.0 Å². The Kier molecular flexibility index (Phi) is 2.46. The van der Waals surface area contributed by atoms with Gasteiger partial charge in [-0.25, -0.2) is 4.98 Å². The Morgan fingerprint density at radius 1 is 1.60 bits per heavy atom. The Morgan fingerprint density at radius 3 is 2.90 bits per heavy atom. The summed E-state index contributed by atoms with van der Waals surface area (Å²) >= 11 is 0. The maximum Gasteiger partial charge on any atom is 0.280 e. The quantitative estimate of drug-likeness (QED) is 0.432. The number of fused-ring (bicyclic) bond motifs is 1. The minimum Gasteiger partial charge on any atom is -0.393 e. The number of nitrogen functional groups attached to an aromatic ring is 1. The van der Waals surface area contributed by atoms with E-state index in [2.05, 4.69) is 15.0 Å². The normalized spacial score (nSPS) is 33.3. The van der Waals surface area contributed by atoms with Gasteiger partial charge in [-0.1, -0.05) is 0 Å². The zero-order chi connectivity index (χ0) is 14.7. The van der Waals surface area contributed by atoms with E-state index in [9.17, 15) is 20.1 Å². The fourth-order valence-electron chi connectivity index (χ4n) is 2.67. The third kappa shape index (κ3) is 1.45. The molecule has 0 saturated heterocycles. The first kappa shape index (κ1) is 13.0. The van der Waals surface area contributed by atoms with Gasteiger partial charge in [-0.3, -0.25) is 9.78 Å². The number of nitrogens with one attached hydrogen (secondary N) is 1. The first-order valence-electron chi connectivity index (χ1n) is 6.08. The average Bonchev–Trinajstić information content (AvgIpc) is 2.78. The van der Waals surface area contributed by atoms with Crippen molar-refractivity contribution in [1.29, 1.82) is 0 Å². The van der Waals surface area contributed by atoms with E-state index in [0.717, 1.165) is 0 Å². The van der Waals surface area contributed by atoms with Crippen LogP contribution in [0.5, 0.6) is 0 Å². The van der Waals surface area contributed by atoms with Crippen molar-refractivity contribution in [2.45, 2.75) is 30.6 Å². The van der Waals surface area contributed by atoms with Gasteiger partial charge in [-0.05, 0) is 6.92 Å². The molecule has 2 heterocycles. The summed E-state index contributed by atoms with van der Waals surface area (Å²) in [7, 11) is 0. The summed E-state index contributed by atoms with van der Waals surface area (Å²) in [5, 5.41) is 29.6. The van der Waals surface area contributed by atoms with Crippen molar-refractivity contribution >= 4 is 17.1 Å². The van der Waals surface area contributed by atoms with Crippen molar-refractivity contribution in [3.05, 3.63) is 16.7 Å². The van der Waals surface area contributed by atoms with E-state index in [4.69, 9.17) is 5.73 Å². The second kappa shape index (κ2) is 3.78. The maximum atomic E-state index is 11.7. The monoisotopic (exact) mass is 281 g/mol. The molecular weight excluding hydrogens is 266 g/mol. The lowest BCUT2D eigenvalue weighted by Crippen LogP contribution is -2.69. The lowest BCUT2D eigenvalue weighted by Gasteiger charge is -2.56. The highest BCUT2D eigenvalue weighted by atomic mass is 16.4. The van der Waals surface area contributed by atoms with Crippen molar-refractivity contribution in [3.8, 4) is 0 Å². The van der Waals surface area contributed by atoms with Gasteiger partial charge in [-0.15, -0.1) is 0 Å². The average molecular weight is 281 g/mol. The van der Waals surface area contributed by atoms with Crippen LogP contribution in [0.3, 0.4) is 0 Å². The Balaban J connectivity index is 2.12. The van der Waals surface area contributed by atoms with Crippen LogP contribution in [0.25, 0.3) is 11.2 Å². The van der Waals surface area contributed by atoms with Gasteiger partial charge in [0.25, 0.3) is 5.56 Å². The topological polar surface area (TPSA) is 150 Å². The van der Waals surface area contributed by atoms with E-state index in [-0.39, 0.29) is 23.5 Å². The molecule has 108 valence electrons. The van der Waals surface area contributed by atoms with Crippen molar-refractivity contribution in [2.75, 3.05) is 12.3 Å². The van der Waals surface area contributed by atoms with Gasteiger partial charge in [0.15, 0.2) is 11.2 Å². The largest absolute Gasteiger partial charge is 0.393 e. The maximum absolute atomic E-state index is 11.7. The molecule has 6 N–H and O–H groups in total. The minimum absolute atomic E-state index is 0.0550. The third-order valence-electron chi connectivity index (χ3n) is 4.17. The molecule has 0 radical (unpaired) electrons. The SMILES string of the molecule is C[C@@]1(O)[C@H](n2cnc3c(=O)[nH]c(N)nc32)C[C@]1(O)CO. The van der Waals surface area contributed by atoms with Gasteiger partial charge in [-0.2, -0.15) is 4.98 Å². The molecule has 9 heteroatoms. The molecule has 1 saturated carbocycles. The molecule has 0 amide bonds. The summed E-state index contributed by atoms with van der Waals surface area (Å²) in [5.41, 5.74) is 2.23. The number of H-pyrrole nitrogens is 1. The molecule has 1 fully saturated rings. The second-order valence-corrected chi connectivity index (χ2v) is 5.33. The molecule has 3 atom stereocenters. The molecule has 0 aliphatic heterocycles. The van der Waals surface area contributed by atoms with Crippen LogP contribution in [0.1, 0.15) is 19.4 Å². The summed E-state index contributed by atoms with van der Waals surface area (Å²) in [6, 6.07) is -0.557. The zero-order valence-corrected chi connectivity index (χ0v) is 10.7. The number of hydrogen-bond donors (Lipinski definition) is 5. The molecule has 0 spiro atoms. The lowest BCUT2D eigenvalue weighted by atomic mass is 9.62. The predicted molar refractivity (Wildman–Crippen MR) is 68.9 cm³/mol. The third-order valence-corrected chi connectivity index (χ3v) is 4.17. The Labute approximate surface area is 112 Å². The summed E-state index contributed by atoms with van der Waals surface area (Å²) in [4.78, 5) is 22.0. The van der Waals surface area contributed by atoms with E-state index in [0.29, 0.717) is 0 Å². The number of aromatic nitrogens is 4. The van der Waals surface area contributed by atoms with Gasteiger partial charge in [0, 0.05) is 6.42 Å². The molecule has 3 rings (SSSR count). The molecule has 20 heavy (non-hydrogen) atoms. The number of aliphatic hydroxyl groups is 3. The number of aromatic amines is 1. The molecule has 9 nitrogen and oxygen atoms in total. The van der Waals surface area contributed by atoms with Crippen molar-refractivity contribution < 1.29 is 15.3 Å². The van der Waals surface area contributed by atoms with Crippen LogP contribution in [0.4, 0.5) is 5.95 Å². The Morgan fingerprint density at radius 2 is 2.30 bits per heavy atom. The molecule has 0 unspecified atom stereocenters. The smallest absolute Gasteiger partial charge is 0.280 e. The highest BCUT2D eigenvalue weighted by molar-refractivity contribution is 5.70. The van der Waals surface area contributed by atoms with E-state index < -0.39 is 29.4 Å². The van der Waals surface area contributed by atoms with Crippen LogP contribution in [-0.2, 0) is 0 Å². The summed E-state index contributed by atoms with van der Waals surface area (Å²) < 4.78 is 1.49. The first-order chi connectivity index (χ1) is 9.30. The molecular formula is C11H15N5O4. The van der Waals surface area contributed by atoms with Gasteiger partial charge < -0.3 is 25.6 Å². The molecule has 1 aliphatic rings. The number of aliphatic hydroxyl groups excluding tert-OH is 1. The van der Waals surface area contributed by atoms with Crippen LogP contribution < -0.4 is 11.3 Å². The van der Waals surface area contributed by atoms with Crippen molar-refractivity contribution in [3.63, 3.8) is 0 Å². The Bertz CT molecular complexity index is 736. The van der Waals surface area contributed by atoms with Crippen LogP contribution in [0, 0.1) is 0 Å². The van der Waals surface area contributed by atoms with Crippen LogP contribution in [0.2, 0.25) is 0 Å². The van der Waals surface area contributed by atoms with Crippen LogP contribution in [0.15, 0.2) is 11.1 Å². The summed E-state index contributed by atoms with van der Waals surface area (Å²) in [6.45, 7) is 0.860. The summed E-state index contributed by atoms with van der Waals surface area (Å²) in [5.74, 6) is -0.0550. The Hall–Kier alpha value is -1.97. The molecule has 2 aromatic heterocycles. The fraction of sp³-hybridized carbons (Fsp3) is 0.545. The number of anilines is 1. The number of nitrogens with zero attached hydrogens (tertiary/aromatic N) is 3. The van der Waals surface area contributed by atoms with Crippen molar-refractivity contribution in [1.82, 2.24) is 19.5 Å². The molecule has 0 bridgehead atoms. The van der Waals surface area contributed by atoms with E-state index >= 15 is 0 Å². The highest BCUT2D eigenvalue weighted by Gasteiger charge is 2.62. The highest BCUT2D eigenvalue weighted by Crippen LogP contribution is 2.50. The van der Waals surface area contributed by atoms with Crippen LogP contribution >= 0.6 is 0 Å². The van der Waals surface area contributed by atoms with Crippen molar-refractivity contribution in [2.24, 2.45) is 0 Å². The van der Waals surface area contributed by atoms with Gasteiger partial charge >= 0.3 is 0 Å². The minimum atomic E-state index is -1.58. The summed E-state index contributed by atoms with van der Waals surface area (Å²) in [6.07, 6.45) is 1.48. The fourth-order valence-corrected chi connectivity index (χ4v) is 2.67. The van der Waals surface area contributed by atoms with Crippen LogP contribution in [-0.4, -0.2) is 52.6 Å². The van der Waals surface area contributed by atoms with Gasteiger partial charge in [0.1, 0.15) is 11.2 Å². The second-order valence-electron chi connectivity index (χ2n) is 5.33. The molecule has 0 aromatic carbocycles. The van der Waals surface area contributed by atoms with E-state index in [1.165, 1.54) is 17.8 Å². The lowest BCUT2D eigenvalue weighted by molar-refractivity contribution is -0.257. The van der Waals surface area contributed by atoms with Gasteiger partial charge in [0.2, 0.25) is 5.95 Å². The molecule has 2 aromatic rings. The molecule has 1 aliphatic carbocycles. The van der Waals surface area contributed by atoms with E-state index in [1.54, 1.807) is 0 Å². The number of imidazole rings is 1. The number of nitrogens with two attached hydrogens (primary N) is 1. The zero-order valence-electron chi connectivity index (χ0n) is 10.7. The van der Waals surface area contributed by atoms with E-state index in [1.807, 2.05) is 0 Å². The number of hydrogen-bond acceptors (Lipinski definition) is 7. The number of rotatable bonds is 2. The predicted octanol–water partition coefficient (Wildman–Crippen LogP) is -1.88. The first-order valence-corrected chi connectivity index (χ1v) is 6.08. The standard InChI is InChI=1S/C11H15N5O4/c1-10(19)5(2-11(10,20)3-17)16-4-13-6-7(16)14-9(12)15-8(6)18/h4-5,17,19-20H,2-3H2,1H3,(H3,12,14,15,18)/t5-,10-,11+/m1/s1.